The van der Waals surface area contributed by atoms with Gasteiger partial charge in [-0.05, 0) is 50.9 Å². The van der Waals surface area contributed by atoms with Crippen molar-refractivity contribution in [2.45, 2.75) is 38.9 Å². The maximum atomic E-state index is 6.18. The molecular formula is C23H29BN4O2. The number of hydrogen-bond donors (Lipinski definition) is 1. The van der Waals surface area contributed by atoms with E-state index in [1.165, 1.54) is 5.69 Å². The van der Waals surface area contributed by atoms with Crippen LogP contribution in [0.4, 0.5) is 5.69 Å². The molecule has 5 rings (SSSR count). The lowest BCUT2D eigenvalue weighted by Crippen LogP contribution is -2.43. The van der Waals surface area contributed by atoms with Crippen molar-refractivity contribution in [3.8, 4) is 11.1 Å². The normalized spacial score (nSPS) is 20.8. The molecule has 2 saturated heterocycles. The highest BCUT2D eigenvalue weighted by Crippen LogP contribution is 2.36. The predicted molar refractivity (Wildman–Crippen MR) is 121 cm³/mol. The second-order valence-corrected chi connectivity index (χ2v) is 9.22. The summed E-state index contributed by atoms with van der Waals surface area (Å²) in [7, 11) is -0.335. The largest absolute Gasteiger partial charge is 0.494 e. The lowest BCUT2D eigenvalue weighted by Gasteiger charge is -2.32. The van der Waals surface area contributed by atoms with Crippen molar-refractivity contribution in [2.24, 2.45) is 0 Å². The van der Waals surface area contributed by atoms with Crippen LogP contribution in [0.15, 0.2) is 48.8 Å². The van der Waals surface area contributed by atoms with E-state index in [1.807, 2.05) is 10.7 Å². The zero-order chi connectivity index (χ0) is 20.9. The molecule has 0 radical (unpaired) electrons. The molecule has 0 spiro atoms. The Morgan fingerprint density at radius 2 is 1.60 bits per heavy atom. The standard InChI is InChI=1S/C23H29BN4O2/c1-22(2)23(3,4)30-24(29-22)19-7-5-17(6-8-19)18-15-21-20(9-10-26-28(21)16-18)27-13-11-25-12-14-27/h5-10,15-16,25H,11-14H2,1-4H3. The first-order chi connectivity index (χ1) is 14.3. The molecule has 2 aliphatic rings. The smallest absolute Gasteiger partial charge is 0.399 e. The van der Waals surface area contributed by atoms with E-state index in [9.17, 15) is 0 Å². The monoisotopic (exact) mass is 404 g/mol. The van der Waals surface area contributed by atoms with Crippen LogP contribution in [-0.4, -0.2) is 54.1 Å². The molecule has 1 aromatic carbocycles. The fourth-order valence-electron chi connectivity index (χ4n) is 4.14. The highest BCUT2D eigenvalue weighted by Gasteiger charge is 2.51. The van der Waals surface area contributed by atoms with Crippen LogP contribution in [0.5, 0.6) is 0 Å². The SMILES string of the molecule is CC1(C)OB(c2ccc(-c3cc4c(N5CCNCC5)ccnn4c3)cc2)OC1(C)C. The topological polar surface area (TPSA) is 51.0 Å². The lowest BCUT2D eigenvalue weighted by atomic mass is 9.78. The third-order valence-corrected chi connectivity index (χ3v) is 6.71. The van der Waals surface area contributed by atoms with Crippen molar-refractivity contribution in [1.82, 2.24) is 14.9 Å². The molecule has 2 aliphatic heterocycles. The van der Waals surface area contributed by atoms with Crippen LogP contribution in [0.3, 0.4) is 0 Å². The molecule has 156 valence electrons. The summed E-state index contributed by atoms with van der Waals surface area (Å²) in [4.78, 5) is 2.43. The number of fused-ring (bicyclic) bond motifs is 1. The molecule has 0 saturated carbocycles. The summed E-state index contributed by atoms with van der Waals surface area (Å²) in [5.74, 6) is 0. The summed E-state index contributed by atoms with van der Waals surface area (Å²) in [6.07, 6.45) is 3.99. The molecular weight excluding hydrogens is 375 g/mol. The quantitative estimate of drug-likeness (QED) is 0.681. The van der Waals surface area contributed by atoms with Crippen molar-refractivity contribution in [1.29, 1.82) is 0 Å². The molecule has 3 aromatic rings. The molecule has 0 aliphatic carbocycles. The van der Waals surface area contributed by atoms with Gasteiger partial charge in [0.2, 0.25) is 0 Å². The second-order valence-electron chi connectivity index (χ2n) is 9.22. The highest BCUT2D eigenvalue weighted by atomic mass is 16.7. The number of hydrogen-bond acceptors (Lipinski definition) is 5. The van der Waals surface area contributed by atoms with E-state index < -0.39 is 0 Å². The lowest BCUT2D eigenvalue weighted by molar-refractivity contribution is 0.00578. The number of piperazine rings is 1. The van der Waals surface area contributed by atoms with Gasteiger partial charge in [-0.15, -0.1) is 0 Å². The van der Waals surface area contributed by atoms with E-state index in [2.05, 4.69) is 85.6 Å². The van der Waals surface area contributed by atoms with E-state index in [1.54, 1.807) is 0 Å². The second kappa shape index (κ2) is 7.12. The summed E-state index contributed by atoms with van der Waals surface area (Å²) in [6.45, 7) is 12.4. The average molecular weight is 404 g/mol. The minimum absolute atomic E-state index is 0.331. The number of benzene rings is 1. The van der Waals surface area contributed by atoms with E-state index in [0.717, 1.165) is 48.3 Å². The van der Waals surface area contributed by atoms with Gasteiger partial charge in [0.05, 0.1) is 22.4 Å². The van der Waals surface area contributed by atoms with Crippen LogP contribution in [0.25, 0.3) is 16.6 Å². The maximum absolute atomic E-state index is 6.18. The third kappa shape index (κ3) is 3.31. The predicted octanol–water partition coefficient (Wildman–Crippen LogP) is 2.71. The van der Waals surface area contributed by atoms with Gasteiger partial charge < -0.3 is 19.5 Å². The maximum Gasteiger partial charge on any atom is 0.494 e. The first-order valence-electron chi connectivity index (χ1n) is 10.7. The van der Waals surface area contributed by atoms with Crippen LogP contribution < -0.4 is 15.7 Å². The summed E-state index contributed by atoms with van der Waals surface area (Å²) in [5, 5.41) is 7.95. The minimum atomic E-state index is -0.335. The molecule has 4 heterocycles. The van der Waals surface area contributed by atoms with Crippen LogP contribution >= 0.6 is 0 Å². The molecule has 0 amide bonds. The summed E-state index contributed by atoms with van der Waals surface area (Å²) < 4.78 is 14.3. The summed E-state index contributed by atoms with van der Waals surface area (Å²) in [5.41, 5.74) is 5.08. The van der Waals surface area contributed by atoms with Crippen molar-refractivity contribution in [3.63, 3.8) is 0 Å². The minimum Gasteiger partial charge on any atom is -0.399 e. The Kier molecular flexibility index (Phi) is 4.65. The van der Waals surface area contributed by atoms with Crippen molar-refractivity contribution in [2.75, 3.05) is 31.1 Å². The number of rotatable bonds is 3. The number of aromatic nitrogens is 2. The van der Waals surface area contributed by atoms with Crippen LogP contribution in [0.1, 0.15) is 27.7 Å². The Morgan fingerprint density at radius 1 is 0.933 bits per heavy atom. The number of nitrogens with one attached hydrogen (secondary N) is 1. The van der Waals surface area contributed by atoms with Gasteiger partial charge in [0.15, 0.2) is 0 Å². The molecule has 6 nitrogen and oxygen atoms in total. The Hall–Kier alpha value is -2.35. The first kappa shape index (κ1) is 19.6. The van der Waals surface area contributed by atoms with Crippen molar-refractivity contribution >= 4 is 23.8 Å². The average Bonchev–Trinajstić information content (AvgIpc) is 3.26. The Bertz CT molecular complexity index is 1040. The van der Waals surface area contributed by atoms with Gasteiger partial charge in [-0.1, -0.05) is 24.3 Å². The molecule has 2 fully saturated rings. The summed E-state index contributed by atoms with van der Waals surface area (Å²) >= 11 is 0. The van der Waals surface area contributed by atoms with Gasteiger partial charge in [0, 0.05) is 44.1 Å². The fraction of sp³-hybridized carbons (Fsp3) is 0.435. The molecule has 1 N–H and O–H groups in total. The molecule has 0 unspecified atom stereocenters. The zero-order valence-corrected chi connectivity index (χ0v) is 18.2. The zero-order valence-electron chi connectivity index (χ0n) is 18.2. The van der Waals surface area contributed by atoms with Gasteiger partial charge in [-0.3, -0.25) is 0 Å². The van der Waals surface area contributed by atoms with Crippen molar-refractivity contribution in [3.05, 3.63) is 48.8 Å². The third-order valence-electron chi connectivity index (χ3n) is 6.71. The van der Waals surface area contributed by atoms with Gasteiger partial charge >= 0.3 is 7.12 Å². The Balaban J connectivity index is 1.42. The highest BCUT2D eigenvalue weighted by molar-refractivity contribution is 6.62. The molecule has 30 heavy (non-hydrogen) atoms. The van der Waals surface area contributed by atoms with Gasteiger partial charge in [-0.25, -0.2) is 4.52 Å². The Morgan fingerprint density at radius 3 is 2.27 bits per heavy atom. The van der Waals surface area contributed by atoms with Gasteiger partial charge in [-0.2, -0.15) is 5.10 Å². The van der Waals surface area contributed by atoms with Crippen molar-refractivity contribution < 1.29 is 9.31 Å². The Labute approximate surface area is 178 Å². The van der Waals surface area contributed by atoms with Crippen LogP contribution in [0, 0.1) is 0 Å². The van der Waals surface area contributed by atoms with Crippen LogP contribution in [0.2, 0.25) is 0 Å². The number of anilines is 1. The van der Waals surface area contributed by atoms with Gasteiger partial charge in [0.1, 0.15) is 0 Å². The first-order valence-corrected chi connectivity index (χ1v) is 10.7. The number of nitrogens with zero attached hydrogens (tertiary/aromatic N) is 3. The van der Waals surface area contributed by atoms with E-state index in [4.69, 9.17) is 9.31 Å². The van der Waals surface area contributed by atoms with Crippen LogP contribution in [-0.2, 0) is 9.31 Å². The molecule has 0 bridgehead atoms. The fourth-order valence-corrected chi connectivity index (χ4v) is 4.14. The summed E-state index contributed by atoms with van der Waals surface area (Å²) in [6, 6.07) is 12.8. The van der Waals surface area contributed by atoms with E-state index in [-0.39, 0.29) is 18.3 Å². The van der Waals surface area contributed by atoms with E-state index in [0.29, 0.717) is 0 Å². The molecule has 0 atom stereocenters. The molecule has 7 heteroatoms. The van der Waals surface area contributed by atoms with E-state index >= 15 is 0 Å². The molecule has 2 aromatic heterocycles. The van der Waals surface area contributed by atoms with Gasteiger partial charge in [0.25, 0.3) is 0 Å².